The van der Waals surface area contributed by atoms with Crippen LogP contribution in [0.4, 0.5) is 4.39 Å². The average Bonchev–Trinajstić information content (AvgIpc) is 2.17. The Balaban J connectivity index is 2.54. The molecule has 1 aromatic carbocycles. The molecular weight excluding hydrogens is 177 g/mol. The lowest BCUT2D eigenvalue weighted by Gasteiger charge is -2.20. The Morgan fingerprint density at radius 1 is 1.43 bits per heavy atom. The van der Waals surface area contributed by atoms with Crippen LogP contribution in [-0.4, -0.2) is 6.04 Å². The number of rotatable bonds is 1. The van der Waals surface area contributed by atoms with Gasteiger partial charge < -0.3 is 5.73 Å². The third kappa shape index (κ3) is 1.46. The molecule has 0 amide bonds. The van der Waals surface area contributed by atoms with Gasteiger partial charge >= 0.3 is 0 Å². The van der Waals surface area contributed by atoms with E-state index in [9.17, 15) is 4.39 Å². The molecule has 1 atom stereocenters. The van der Waals surface area contributed by atoms with Gasteiger partial charge in [-0.15, -0.1) is 0 Å². The fraction of sp³-hybridized carbons (Fsp3) is 0.333. The quantitative estimate of drug-likeness (QED) is 0.725. The molecule has 0 saturated heterocycles. The van der Waals surface area contributed by atoms with Crippen LogP contribution < -0.4 is 5.73 Å². The Bertz CT molecular complexity index is 380. The molecule has 0 saturated carbocycles. The van der Waals surface area contributed by atoms with Gasteiger partial charge in [0.05, 0.1) is 0 Å². The molecule has 0 aromatic heterocycles. The van der Waals surface area contributed by atoms with Crippen LogP contribution in [0.3, 0.4) is 0 Å². The lowest BCUT2D eigenvalue weighted by molar-refractivity contribution is 0.606. The second-order valence-electron chi connectivity index (χ2n) is 3.75. The topological polar surface area (TPSA) is 26.0 Å². The van der Waals surface area contributed by atoms with Crippen LogP contribution in [0, 0.1) is 5.82 Å². The average molecular weight is 191 g/mol. The van der Waals surface area contributed by atoms with Gasteiger partial charge in [-0.1, -0.05) is 18.2 Å². The van der Waals surface area contributed by atoms with Crippen LogP contribution in [0.15, 0.2) is 24.3 Å². The van der Waals surface area contributed by atoms with Gasteiger partial charge in [0.2, 0.25) is 0 Å². The second-order valence-corrected chi connectivity index (χ2v) is 3.75. The van der Waals surface area contributed by atoms with Crippen molar-refractivity contribution in [3.63, 3.8) is 0 Å². The van der Waals surface area contributed by atoms with Gasteiger partial charge in [0, 0.05) is 6.04 Å². The van der Waals surface area contributed by atoms with Crippen LogP contribution in [0.5, 0.6) is 0 Å². The molecule has 0 aliphatic heterocycles. The molecule has 0 radical (unpaired) electrons. The monoisotopic (exact) mass is 191 g/mol. The number of hydrogen-bond acceptors (Lipinski definition) is 1. The molecule has 74 valence electrons. The van der Waals surface area contributed by atoms with Crippen molar-refractivity contribution in [1.29, 1.82) is 0 Å². The maximum atomic E-state index is 13.4. The molecule has 1 aromatic rings. The number of nitrogens with two attached hydrogens (primary N) is 1. The molecule has 2 rings (SSSR count). The molecule has 2 N–H and O–H groups in total. The van der Waals surface area contributed by atoms with E-state index in [2.05, 4.69) is 6.08 Å². The number of hydrogen-bond donors (Lipinski definition) is 1. The van der Waals surface area contributed by atoms with Crippen LogP contribution in [-0.2, 0) is 6.42 Å². The summed E-state index contributed by atoms with van der Waals surface area (Å²) >= 11 is 0. The van der Waals surface area contributed by atoms with Gasteiger partial charge in [-0.25, -0.2) is 4.39 Å². The Morgan fingerprint density at radius 2 is 2.21 bits per heavy atom. The van der Waals surface area contributed by atoms with Crippen LogP contribution >= 0.6 is 0 Å². The van der Waals surface area contributed by atoms with Gasteiger partial charge in [-0.2, -0.15) is 0 Å². The van der Waals surface area contributed by atoms with Gasteiger partial charge in [-0.3, -0.25) is 0 Å². The Morgan fingerprint density at radius 3 is 2.93 bits per heavy atom. The van der Waals surface area contributed by atoms with Crippen molar-refractivity contribution >= 4 is 5.57 Å². The van der Waals surface area contributed by atoms with Gasteiger partial charge in [0.15, 0.2) is 0 Å². The highest BCUT2D eigenvalue weighted by Gasteiger charge is 2.17. The summed E-state index contributed by atoms with van der Waals surface area (Å²) < 4.78 is 13.4. The third-order valence-corrected chi connectivity index (χ3v) is 2.68. The zero-order valence-corrected chi connectivity index (χ0v) is 8.26. The number of allylic oxidation sites excluding steroid dienone is 1. The first kappa shape index (κ1) is 9.41. The summed E-state index contributed by atoms with van der Waals surface area (Å²) in [6.45, 7) is 1.94. The van der Waals surface area contributed by atoms with Crippen molar-refractivity contribution in [2.24, 2.45) is 5.73 Å². The van der Waals surface area contributed by atoms with Crippen LogP contribution in [0.2, 0.25) is 0 Å². The van der Waals surface area contributed by atoms with E-state index in [1.807, 2.05) is 13.0 Å². The molecule has 0 fully saturated rings. The fourth-order valence-electron chi connectivity index (χ4n) is 2.00. The third-order valence-electron chi connectivity index (χ3n) is 2.68. The molecule has 0 heterocycles. The molecular formula is C12H14FN. The zero-order chi connectivity index (χ0) is 10.1. The second kappa shape index (κ2) is 3.54. The van der Waals surface area contributed by atoms with Crippen LogP contribution in [0.1, 0.15) is 24.5 Å². The molecule has 1 unspecified atom stereocenters. The van der Waals surface area contributed by atoms with E-state index in [1.165, 1.54) is 6.07 Å². The normalized spacial score (nSPS) is 17.2. The van der Waals surface area contributed by atoms with Crippen molar-refractivity contribution in [2.45, 2.75) is 25.8 Å². The number of benzene rings is 1. The van der Waals surface area contributed by atoms with E-state index in [0.29, 0.717) is 0 Å². The molecule has 14 heavy (non-hydrogen) atoms. The lowest BCUT2D eigenvalue weighted by Crippen LogP contribution is -2.20. The summed E-state index contributed by atoms with van der Waals surface area (Å²) in [5.41, 5.74) is 8.73. The molecule has 1 nitrogen and oxygen atoms in total. The smallest absolute Gasteiger partial charge is 0.127 e. The van der Waals surface area contributed by atoms with E-state index < -0.39 is 0 Å². The first-order chi connectivity index (χ1) is 6.70. The largest absolute Gasteiger partial charge is 0.324 e. The Kier molecular flexibility index (Phi) is 2.38. The van der Waals surface area contributed by atoms with E-state index in [0.717, 1.165) is 29.5 Å². The van der Waals surface area contributed by atoms with Crippen molar-refractivity contribution in [3.8, 4) is 0 Å². The summed E-state index contributed by atoms with van der Waals surface area (Å²) in [4.78, 5) is 0. The predicted molar refractivity (Wildman–Crippen MR) is 56.3 cm³/mol. The van der Waals surface area contributed by atoms with Crippen molar-refractivity contribution in [1.82, 2.24) is 0 Å². The summed E-state index contributed by atoms with van der Waals surface area (Å²) in [5, 5.41) is 0. The zero-order valence-electron chi connectivity index (χ0n) is 8.26. The van der Waals surface area contributed by atoms with Crippen molar-refractivity contribution in [2.75, 3.05) is 0 Å². The molecule has 1 aliphatic rings. The highest BCUT2D eigenvalue weighted by molar-refractivity contribution is 5.73. The summed E-state index contributed by atoms with van der Waals surface area (Å²) in [7, 11) is 0. The van der Waals surface area contributed by atoms with Gasteiger partial charge in [0.1, 0.15) is 5.82 Å². The molecule has 0 spiro atoms. The first-order valence-electron chi connectivity index (χ1n) is 4.93. The number of halogens is 1. The minimum absolute atomic E-state index is 0.0177. The van der Waals surface area contributed by atoms with E-state index >= 15 is 0 Å². The minimum atomic E-state index is -0.103. The standard InChI is InChI=1S/C12H14FN/c1-8(14)9-4-2-6-11-10(9)5-3-7-12(11)13/h3-5,7-8H,2,6,14H2,1H3. The van der Waals surface area contributed by atoms with Crippen molar-refractivity contribution < 1.29 is 4.39 Å². The van der Waals surface area contributed by atoms with Gasteiger partial charge in [-0.05, 0) is 42.5 Å². The molecule has 0 bridgehead atoms. The van der Waals surface area contributed by atoms with E-state index in [1.54, 1.807) is 6.07 Å². The number of fused-ring (bicyclic) bond motifs is 1. The SMILES string of the molecule is CC(N)C1=CCCc2c(F)cccc21. The molecule has 1 aliphatic carbocycles. The van der Waals surface area contributed by atoms with E-state index in [-0.39, 0.29) is 11.9 Å². The predicted octanol–water partition coefficient (Wildman–Crippen LogP) is 2.50. The maximum Gasteiger partial charge on any atom is 0.127 e. The summed E-state index contributed by atoms with van der Waals surface area (Å²) in [5.74, 6) is -0.103. The minimum Gasteiger partial charge on any atom is -0.324 e. The maximum absolute atomic E-state index is 13.4. The van der Waals surface area contributed by atoms with E-state index in [4.69, 9.17) is 5.73 Å². The molecule has 2 heteroatoms. The summed E-state index contributed by atoms with van der Waals surface area (Å²) in [6, 6.07) is 5.20. The highest BCUT2D eigenvalue weighted by Crippen LogP contribution is 2.29. The highest BCUT2D eigenvalue weighted by atomic mass is 19.1. The summed E-state index contributed by atoms with van der Waals surface area (Å²) in [6.07, 6.45) is 3.80. The van der Waals surface area contributed by atoms with Crippen molar-refractivity contribution in [3.05, 3.63) is 41.2 Å². The first-order valence-corrected chi connectivity index (χ1v) is 4.93. The Labute approximate surface area is 83.4 Å². The fourth-order valence-corrected chi connectivity index (χ4v) is 2.00. The lowest BCUT2D eigenvalue weighted by atomic mass is 9.87. The van der Waals surface area contributed by atoms with Gasteiger partial charge in [0.25, 0.3) is 0 Å². The Hall–Kier alpha value is -1.15. The van der Waals surface area contributed by atoms with Crippen LogP contribution in [0.25, 0.3) is 5.57 Å².